The van der Waals surface area contributed by atoms with E-state index in [4.69, 9.17) is 5.11 Å². The lowest BCUT2D eigenvalue weighted by Crippen LogP contribution is -1.96. The molecule has 0 aromatic carbocycles. The molecule has 0 saturated heterocycles. The number of carboxylic acid groups (broad SMARTS) is 1. The zero-order valence-corrected chi connectivity index (χ0v) is 7.16. The standard InChI is InChI=1S/C9H13NO2/c1-3-8(7-9(11)12)5-4-6-10-2/h4-6H,2-3,7H2,1H3,(H,11,12)/b6-4-,8-5-. The molecule has 0 heterocycles. The molecule has 0 aromatic rings. The van der Waals surface area contributed by atoms with Crippen LogP contribution in [-0.4, -0.2) is 17.8 Å². The van der Waals surface area contributed by atoms with Crippen LogP contribution in [0.2, 0.25) is 0 Å². The Morgan fingerprint density at radius 2 is 2.33 bits per heavy atom. The van der Waals surface area contributed by atoms with Gasteiger partial charge in [-0.05, 0) is 19.2 Å². The number of aliphatic carboxylic acids is 1. The Morgan fingerprint density at radius 3 is 2.75 bits per heavy atom. The summed E-state index contributed by atoms with van der Waals surface area (Å²) in [4.78, 5) is 13.8. The molecular weight excluding hydrogens is 154 g/mol. The first-order valence-corrected chi connectivity index (χ1v) is 3.73. The van der Waals surface area contributed by atoms with Gasteiger partial charge in [0.25, 0.3) is 0 Å². The third-order valence-corrected chi connectivity index (χ3v) is 1.36. The van der Waals surface area contributed by atoms with E-state index in [-0.39, 0.29) is 6.42 Å². The van der Waals surface area contributed by atoms with Crippen molar-refractivity contribution in [3.63, 3.8) is 0 Å². The first-order chi connectivity index (χ1) is 5.70. The summed E-state index contributed by atoms with van der Waals surface area (Å²) in [6, 6.07) is 0. The topological polar surface area (TPSA) is 49.7 Å². The molecule has 0 spiro atoms. The van der Waals surface area contributed by atoms with Gasteiger partial charge in [0.05, 0.1) is 6.42 Å². The van der Waals surface area contributed by atoms with Gasteiger partial charge < -0.3 is 5.11 Å². The van der Waals surface area contributed by atoms with Crippen LogP contribution in [0.4, 0.5) is 0 Å². The molecule has 0 aliphatic heterocycles. The molecule has 0 unspecified atom stereocenters. The molecule has 0 fully saturated rings. The number of hydrogen-bond donors (Lipinski definition) is 1. The quantitative estimate of drug-likeness (QED) is 0.503. The Hall–Kier alpha value is -1.38. The van der Waals surface area contributed by atoms with Gasteiger partial charge in [0, 0.05) is 6.20 Å². The Morgan fingerprint density at radius 1 is 1.67 bits per heavy atom. The summed E-state index contributed by atoms with van der Waals surface area (Å²) < 4.78 is 0. The van der Waals surface area contributed by atoms with E-state index in [1.807, 2.05) is 6.92 Å². The van der Waals surface area contributed by atoms with Crippen molar-refractivity contribution in [2.75, 3.05) is 0 Å². The second kappa shape index (κ2) is 6.34. The van der Waals surface area contributed by atoms with Crippen LogP contribution in [0, 0.1) is 0 Å². The fourth-order valence-corrected chi connectivity index (χ4v) is 0.736. The SMILES string of the molecule is C=N/C=C\C=C(\CC)CC(=O)O. The Bertz CT molecular complexity index is 217. The van der Waals surface area contributed by atoms with E-state index in [9.17, 15) is 4.79 Å². The lowest BCUT2D eigenvalue weighted by atomic mass is 10.1. The van der Waals surface area contributed by atoms with Crippen LogP contribution in [0.15, 0.2) is 28.9 Å². The molecule has 66 valence electrons. The normalized spacial score (nSPS) is 11.9. The molecule has 0 aliphatic carbocycles. The highest BCUT2D eigenvalue weighted by Gasteiger charge is 1.99. The summed E-state index contributed by atoms with van der Waals surface area (Å²) in [6.45, 7) is 5.18. The number of rotatable bonds is 5. The van der Waals surface area contributed by atoms with Gasteiger partial charge in [0.15, 0.2) is 0 Å². The first kappa shape index (κ1) is 10.6. The lowest BCUT2D eigenvalue weighted by Gasteiger charge is -1.96. The highest BCUT2D eigenvalue weighted by Crippen LogP contribution is 2.05. The molecule has 0 saturated carbocycles. The van der Waals surface area contributed by atoms with Crippen molar-refractivity contribution < 1.29 is 9.90 Å². The molecule has 0 rings (SSSR count). The Labute approximate surface area is 72.1 Å². The van der Waals surface area contributed by atoms with Crippen LogP contribution >= 0.6 is 0 Å². The largest absolute Gasteiger partial charge is 0.481 e. The zero-order chi connectivity index (χ0) is 9.40. The molecular formula is C9H13NO2. The highest BCUT2D eigenvalue weighted by atomic mass is 16.4. The van der Waals surface area contributed by atoms with Crippen molar-refractivity contribution in [2.45, 2.75) is 19.8 Å². The van der Waals surface area contributed by atoms with E-state index in [1.54, 1.807) is 12.2 Å². The van der Waals surface area contributed by atoms with Crippen LogP contribution in [-0.2, 0) is 4.79 Å². The van der Waals surface area contributed by atoms with Crippen molar-refractivity contribution in [3.8, 4) is 0 Å². The summed E-state index contributed by atoms with van der Waals surface area (Å²) in [5, 5.41) is 8.47. The monoisotopic (exact) mass is 167 g/mol. The average Bonchev–Trinajstić information content (AvgIpc) is 2.02. The molecule has 1 N–H and O–H groups in total. The number of carbonyl (C=O) groups is 1. The van der Waals surface area contributed by atoms with Gasteiger partial charge in [0.1, 0.15) is 0 Å². The van der Waals surface area contributed by atoms with E-state index < -0.39 is 5.97 Å². The van der Waals surface area contributed by atoms with E-state index in [0.29, 0.717) is 0 Å². The zero-order valence-electron chi connectivity index (χ0n) is 7.16. The average molecular weight is 167 g/mol. The number of hydrogen-bond acceptors (Lipinski definition) is 2. The maximum Gasteiger partial charge on any atom is 0.307 e. The maximum atomic E-state index is 10.3. The lowest BCUT2D eigenvalue weighted by molar-refractivity contribution is -0.136. The summed E-state index contributed by atoms with van der Waals surface area (Å²) in [5.41, 5.74) is 0.877. The molecule has 0 amide bonds. The third kappa shape index (κ3) is 5.41. The van der Waals surface area contributed by atoms with Gasteiger partial charge in [-0.3, -0.25) is 9.79 Å². The number of allylic oxidation sites excluding steroid dienone is 2. The number of nitrogens with zero attached hydrogens (tertiary/aromatic N) is 1. The van der Waals surface area contributed by atoms with Crippen molar-refractivity contribution in [3.05, 3.63) is 23.9 Å². The van der Waals surface area contributed by atoms with E-state index in [0.717, 1.165) is 12.0 Å². The third-order valence-electron chi connectivity index (χ3n) is 1.36. The minimum atomic E-state index is -0.803. The highest BCUT2D eigenvalue weighted by molar-refractivity contribution is 5.70. The second-order valence-corrected chi connectivity index (χ2v) is 2.27. The summed E-state index contributed by atoms with van der Waals surface area (Å²) in [6.07, 6.45) is 5.81. The van der Waals surface area contributed by atoms with Crippen LogP contribution < -0.4 is 0 Å². The van der Waals surface area contributed by atoms with Crippen molar-refractivity contribution in [2.24, 2.45) is 4.99 Å². The fourth-order valence-electron chi connectivity index (χ4n) is 0.736. The predicted molar refractivity (Wildman–Crippen MR) is 49.3 cm³/mol. The van der Waals surface area contributed by atoms with E-state index in [2.05, 4.69) is 11.7 Å². The molecule has 3 heteroatoms. The second-order valence-electron chi connectivity index (χ2n) is 2.27. The first-order valence-electron chi connectivity index (χ1n) is 3.73. The minimum absolute atomic E-state index is 0.0952. The van der Waals surface area contributed by atoms with Gasteiger partial charge >= 0.3 is 5.97 Å². The minimum Gasteiger partial charge on any atom is -0.481 e. The van der Waals surface area contributed by atoms with Crippen LogP contribution in [0.5, 0.6) is 0 Å². The molecule has 0 radical (unpaired) electrons. The molecule has 12 heavy (non-hydrogen) atoms. The van der Waals surface area contributed by atoms with Gasteiger partial charge in [-0.15, -0.1) is 0 Å². The van der Waals surface area contributed by atoms with Crippen molar-refractivity contribution >= 4 is 12.7 Å². The van der Waals surface area contributed by atoms with Gasteiger partial charge in [0.2, 0.25) is 0 Å². The van der Waals surface area contributed by atoms with E-state index >= 15 is 0 Å². The van der Waals surface area contributed by atoms with Crippen molar-refractivity contribution in [1.29, 1.82) is 0 Å². The summed E-state index contributed by atoms with van der Waals surface area (Å²) in [7, 11) is 0. The van der Waals surface area contributed by atoms with Crippen LogP contribution in [0.3, 0.4) is 0 Å². The number of carboxylic acids is 1. The molecule has 3 nitrogen and oxygen atoms in total. The number of aliphatic imine (C=N–C) groups is 1. The van der Waals surface area contributed by atoms with Gasteiger partial charge in [-0.25, -0.2) is 0 Å². The predicted octanol–water partition coefficient (Wildman–Crippen LogP) is 2.01. The molecule has 0 bridgehead atoms. The van der Waals surface area contributed by atoms with Crippen molar-refractivity contribution in [1.82, 2.24) is 0 Å². The maximum absolute atomic E-state index is 10.3. The molecule has 0 aromatic heterocycles. The fraction of sp³-hybridized carbons (Fsp3) is 0.333. The Kier molecular flexibility index (Phi) is 5.61. The van der Waals surface area contributed by atoms with E-state index in [1.165, 1.54) is 6.20 Å². The molecule has 0 aliphatic rings. The molecule has 0 atom stereocenters. The smallest absolute Gasteiger partial charge is 0.307 e. The van der Waals surface area contributed by atoms with Gasteiger partial charge in [-0.1, -0.05) is 18.6 Å². The van der Waals surface area contributed by atoms with Crippen LogP contribution in [0.25, 0.3) is 0 Å². The summed E-state index contributed by atoms with van der Waals surface area (Å²) >= 11 is 0. The van der Waals surface area contributed by atoms with Crippen LogP contribution in [0.1, 0.15) is 19.8 Å². The summed E-state index contributed by atoms with van der Waals surface area (Å²) in [5.74, 6) is -0.803. The Balaban J connectivity index is 4.12. The van der Waals surface area contributed by atoms with Gasteiger partial charge in [-0.2, -0.15) is 0 Å².